The topological polar surface area (TPSA) is 27.7 Å². The molecule has 0 bridgehead atoms. The Hall–Kier alpha value is -2.94. The quantitative estimate of drug-likeness (QED) is 0.443. The molecule has 0 spiro atoms. The first kappa shape index (κ1) is 19.8. The second-order valence-electron chi connectivity index (χ2n) is 6.86. The third kappa shape index (κ3) is 4.48. The van der Waals surface area contributed by atoms with Gasteiger partial charge in [0.05, 0.1) is 20.3 Å². The van der Waals surface area contributed by atoms with E-state index in [1.165, 1.54) is 0 Å². The zero-order valence-electron chi connectivity index (χ0n) is 17.1. The van der Waals surface area contributed by atoms with Crippen molar-refractivity contribution in [1.29, 1.82) is 0 Å². The highest BCUT2D eigenvalue weighted by atomic mass is 16.5. The Morgan fingerprint density at radius 1 is 0.750 bits per heavy atom. The van der Waals surface area contributed by atoms with Gasteiger partial charge in [0.25, 0.3) is 0 Å². The Morgan fingerprint density at radius 3 is 1.71 bits per heavy atom. The summed E-state index contributed by atoms with van der Waals surface area (Å²) >= 11 is 0. The van der Waals surface area contributed by atoms with Crippen LogP contribution in [0.5, 0.6) is 17.2 Å². The van der Waals surface area contributed by atoms with E-state index in [9.17, 15) is 0 Å². The van der Waals surface area contributed by atoms with E-state index in [4.69, 9.17) is 14.2 Å². The van der Waals surface area contributed by atoms with Crippen LogP contribution in [0.3, 0.4) is 0 Å². The molecule has 0 aliphatic carbocycles. The lowest BCUT2D eigenvalue weighted by molar-refractivity contribution is 0.212. The fraction of sp³-hybridized carbons (Fsp3) is 0.280. The Morgan fingerprint density at radius 2 is 1.25 bits per heavy atom. The molecule has 3 heteroatoms. The van der Waals surface area contributed by atoms with Gasteiger partial charge in [-0.05, 0) is 48.7 Å². The van der Waals surface area contributed by atoms with Crippen LogP contribution in [0, 0.1) is 0 Å². The van der Waals surface area contributed by atoms with E-state index < -0.39 is 0 Å². The monoisotopic (exact) mass is 376 g/mol. The minimum absolute atomic E-state index is 0.126. The van der Waals surface area contributed by atoms with Gasteiger partial charge < -0.3 is 14.2 Å². The highest BCUT2D eigenvalue weighted by Gasteiger charge is 2.16. The Labute approximate surface area is 167 Å². The minimum atomic E-state index is 0.126. The second kappa shape index (κ2) is 9.32. The highest BCUT2D eigenvalue weighted by molar-refractivity contribution is 5.83. The molecule has 0 saturated carbocycles. The summed E-state index contributed by atoms with van der Waals surface area (Å²) < 4.78 is 17.3. The summed E-state index contributed by atoms with van der Waals surface area (Å²) in [5.74, 6) is 2.55. The van der Waals surface area contributed by atoms with Crippen molar-refractivity contribution in [2.75, 3.05) is 14.2 Å². The molecule has 3 aromatic rings. The summed E-state index contributed by atoms with van der Waals surface area (Å²) in [6, 6.07) is 22.5. The molecule has 3 nitrogen and oxygen atoms in total. The van der Waals surface area contributed by atoms with Gasteiger partial charge in [0.15, 0.2) is 0 Å². The smallest absolute Gasteiger partial charge is 0.135 e. The summed E-state index contributed by atoms with van der Waals surface area (Å²) in [6.45, 7) is 4.30. The van der Waals surface area contributed by atoms with Crippen LogP contribution < -0.4 is 14.2 Å². The molecule has 0 amide bonds. The van der Waals surface area contributed by atoms with Gasteiger partial charge in [-0.15, -0.1) is 0 Å². The van der Waals surface area contributed by atoms with Crippen molar-refractivity contribution in [3.63, 3.8) is 0 Å². The molecule has 0 aliphatic heterocycles. The van der Waals surface area contributed by atoms with Crippen molar-refractivity contribution in [2.45, 2.75) is 32.8 Å². The zero-order valence-corrected chi connectivity index (χ0v) is 17.1. The van der Waals surface area contributed by atoms with Crippen LogP contribution in [-0.4, -0.2) is 20.3 Å². The average Bonchev–Trinajstić information content (AvgIpc) is 2.74. The molecule has 0 fully saturated rings. The van der Waals surface area contributed by atoms with Crippen molar-refractivity contribution in [1.82, 2.24) is 0 Å². The van der Waals surface area contributed by atoms with Crippen LogP contribution in [0.15, 0.2) is 66.7 Å². The first-order valence-corrected chi connectivity index (χ1v) is 9.74. The minimum Gasteiger partial charge on any atom is -0.497 e. The standard InChI is InChI=1S/C25H28O3/c1-5-9-18(2)28-25-23(19-10-6-12-21(16-19)26-3)14-8-15-24(25)20-11-7-13-22(17-20)27-4/h6-8,10-18H,5,9H2,1-4H3. The third-order valence-electron chi connectivity index (χ3n) is 4.79. The largest absolute Gasteiger partial charge is 0.497 e. The van der Waals surface area contributed by atoms with E-state index >= 15 is 0 Å². The van der Waals surface area contributed by atoms with Gasteiger partial charge in [-0.3, -0.25) is 0 Å². The molecule has 0 N–H and O–H groups in total. The normalized spacial score (nSPS) is 11.7. The summed E-state index contributed by atoms with van der Waals surface area (Å²) in [5, 5.41) is 0. The lowest BCUT2D eigenvalue weighted by Gasteiger charge is -2.21. The Balaban J connectivity index is 2.15. The molecule has 0 saturated heterocycles. The first-order chi connectivity index (χ1) is 13.7. The zero-order chi connectivity index (χ0) is 19.9. The summed E-state index contributed by atoms with van der Waals surface area (Å²) in [4.78, 5) is 0. The van der Waals surface area contributed by atoms with Crippen LogP contribution in [0.25, 0.3) is 22.3 Å². The van der Waals surface area contributed by atoms with Crippen LogP contribution >= 0.6 is 0 Å². The van der Waals surface area contributed by atoms with E-state index in [0.717, 1.165) is 52.3 Å². The van der Waals surface area contributed by atoms with Gasteiger partial charge in [0.1, 0.15) is 17.2 Å². The molecule has 28 heavy (non-hydrogen) atoms. The van der Waals surface area contributed by atoms with Crippen LogP contribution in [0.2, 0.25) is 0 Å². The average molecular weight is 376 g/mol. The SMILES string of the molecule is CCCC(C)Oc1c(-c2cccc(OC)c2)cccc1-c1cccc(OC)c1. The van der Waals surface area contributed by atoms with E-state index in [1.54, 1.807) is 14.2 Å². The molecule has 1 unspecified atom stereocenters. The van der Waals surface area contributed by atoms with Crippen molar-refractivity contribution in [2.24, 2.45) is 0 Å². The Bertz CT molecular complexity index is 851. The van der Waals surface area contributed by atoms with Gasteiger partial charge >= 0.3 is 0 Å². The van der Waals surface area contributed by atoms with Gasteiger partial charge in [0, 0.05) is 11.1 Å². The van der Waals surface area contributed by atoms with Crippen molar-refractivity contribution in [3.8, 4) is 39.5 Å². The second-order valence-corrected chi connectivity index (χ2v) is 6.86. The molecule has 1 atom stereocenters. The van der Waals surface area contributed by atoms with Gasteiger partial charge in [-0.2, -0.15) is 0 Å². The number of para-hydroxylation sites is 1. The highest BCUT2D eigenvalue weighted by Crippen LogP contribution is 2.41. The van der Waals surface area contributed by atoms with E-state index in [0.29, 0.717) is 0 Å². The van der Waals surface area contributed by atoms with Gasteiger partial charge in [-0.25, -0.2) is 0 Å². The first-order valence-electron chi connectivity index (χ1n) is 9.74. The van der Waals surface area contributed by atoms with E-state index in [2.05, 4.69) is 44.2 Å². The molecule has 3 rings (SSSR count). The fourth-order valence-corrected chi connectivity index (χ4v) is 3.37. The predicted octanol–water partition coefficient (Wildman–Crippen LogP) is 6.61. The predicted molar refractivity (Wildman–Crippen MR) is 115 cm³/mol. The molecular formula is C25H28O3. The molecule has 0 aliphatic rings. The van der Waals surface area contributed by atoms with Crippen molar-refractivity contribution < 1.29 is 14.2 Å². The van der Waals surface area contributed by atoms with Crippen LogP contribution in [0.4, 0.5) is 0 Å². The summed E-state index contributed by atoms with van der Waals surface area (Å²) in [6.07, 6.45) is 2.21. The maximum Gasteiger partial charge on any atom is 0.135 e. The molecule has 146 valence electrons. The lowest BCUT2D eigenvalue weighted by atomic mass is 9.96. The molecular weight excluding hydrogens is 348 g/mol. The van der Waals surface area contributed by atoms with Crippen LogP contribution in [0.1, 0.15) is 26.7 Å². The van der Waals surface area contributed by atoms with Crippen molar-refractivity contribution in [3.05, 3.63) is 66.7 Å². The Kier molecular flexibility index (Phi) is 6.59. The van der Waals surface area contributed by atoms with Gasteiger partial charge in [0.2, 0.25) is 0 Å². The number of hydrogen-bond donors (Lipinski definition) is 0. The maximum atomic E-state index is 6.49. The molecule has 0 aromatic heterocycles. The fourth-order valence-electron chi connectivity index (χ4n) is 3.37. The van der Waals surface area contributed by atoms with Crippen molar-refractivity contribution >= 4 is 0 Å². The molecule has 0 heterocycles. The van der Waals surface area contributed by atoms with E-state index in [-0.39, 0.29) is 6.10 Å². The van der Waals surface area contributed by atoms with E-state index in [1.807, 2.05) is 36.4 Å². The summed E-state index contributed by atoms with van der Waals surface area (Å²) in [5.41, 5.74) is 4.26. The number of benzene rings is 3. The third-order valence-corrected chi connectivity index (χ3v) is 4.79. The molecule has 3 aromatic carbocycles. The lowest BCUT2D eigenvalue weighted by Crippen LogP contribution is -2.12. The number of hydrogen-bond acceptors (Lipinski definition) is 3. The van der Waals surface area contributed by atoms with Gasteiger partial charge in [-0.1, -0.05) is 55.8 Å². The maximum absolute atomic E-state index is 6.49. The number of ether oxygens (including phenoxy) is 3. The number of rotatable bonds is 8. The summed E-state index contributed by atoms with van der Waals surface area (Å²) in [7, 11) is 3.37. The van der Waals surface area contributed by atoms with Crippen LogP contribution in [-0.2, 0) is 0 Å². The number of methoxy groups -OCH3 is 2. The molecule has 0 radical (unpaired) electrons.